The van der Waals surface area contributed by atoms with Crippen molar-refractivity contribution in [2.45, 2.75) is 30.7 Å². The smallest absolute Gasteiger partial charge is 0.408 e. The van der Waals surface area contributed by atoms with Crippen LogP contribution in [0.4, 0.5) is 4.79 Å². The molecule has 1 amide bonds. The van der Waals surface area contributed by atoms with Crippen molar-refractivity contribution in [3.8, 4) is 11.1 Å². The Bertz CT molecular complexity index is 1390. The number of fused-ring (bicyclic) bond motifs is 6. The van der Waals surface area contributed by atoms with E-state index in [-0.39, 0.29) is 18.9 Å². The van der Waals surface area contributed by atoms with E-state index in [4.69, 9.17) is 4.74 Å². The summed E-state index contributed by atoms with van der Waals surface area (Å²) >= 11 is 0. The van der Waals surface area contributed by atoms with Crippen LogP contribution in [-0.4, -0.2) is 34.3 Å². The second-order valence-corrected chi connectivity index (χ2v) is 9.14. The van der Waals surface area contributed by atoms with Crippen LogP contribution < -0.4 is 5.32 Å². The standard InChI is InChI=1S/C28H24N2O4/c31-26(32)28(14-13-25-22(15-28)21-11-5-6-12-24(21)29-25)30-27(33)34-16-23-19-9-3-1-7-17(19)18-8-2-4-10-20(18)23/h1-12,23,29H,13-16H2,(H,30,33)(H,31,32)/t28-/m0/s1. The van der Waals surface area contributed by atoms with Gasteiger partial charge in [0.25, 0.3) is 0 Å². The van der Waals surface area contributed by atoms with E-state index in [2.05, 4.69) is 34.6 Å². The van der Waals surface area contributed by atoms with E-state index in [1.54, 1.807) is 0 Å². The van der Waals surface area contributed by atoms with Crippen molar-refractivity contribution >= 4 is 23.0 Å². The van der Waals surface area contributed by atoms with Gasteiger partial charge in [0.15, 0.2) is 0 Å². The number of carboxylic acid groups (broad SMARTS) is 1. The largest absolute Gasteiger partial charge is 0.479 e. The second-order valence-electron chi connectivity index (χ2n) is 9.14. The Balaban J connectivity index is 1.22. The molecular weight excluding hydrogens is 428 g/mol. The zero-order valence-corrected chi connectivity index (χ0v) is 18.5. The first-order valence-electron chi connectivity index (χ1n) is 11.5. The molecule has 1 heterocycles. The van der Waals surface area contributed by atoms with Gasteiger partial charge in [-0.2, -0.15) is 0 Å². The fraction of sp³-hybridized carbons (Fsp3) is 0.214. The number of benzene rings is 3. The summed E-state index contributed by atoms with van der Waals surface area (Å²) in [5.74, 6) is -1.12. The molecule has 0 saturated carbocycles. The molecule has 34 heavy (non-hydrogen) atoms. The summed E-state index contributed by atoms with van der Waals surface area (Å²) in [5.41, 5.74) is 6.09. The SMILES string of the molecule is O=C(N[C@@]1(C(=O)O)CCc2[nH]c3ccccc3c2C1)OCC1c2ccccc2-c2ccccc21. The molecule has 3 aromatic carbocycles. The van der Waals surface area contributed by atoms with E-state index in [1.165, 1.54) is 0 Å². The van der Waals surface area contributed by atoms with Gasteiger partial charge in [0.1, 0.15) is 12.1 Å². The van der Waals surface area contributed by atoms with Gasteiger partial charge < -0.3 is 20.1 Å². The first kappa shape index (κ1) is 20.5. The van der Waals surface area contributed by atoms with E-state index in [1.807, 2.05) is 48.5 Å². The lowest BCUT2D eigenvalue weighted by Gasteiger charge is -2.33. The summed E-state index contributed by atoms with van der Waals surface area (Å²) in [7, 11) is 0. The number of H-pyrrole nitrogens is 1. The monoisotopic (exact) mass is 452 g/mol. The number of rotatable bonds is 4. The molecular formula is C28H24N2O4. The van der Waals surface area contributed by atoms with Gasteiger partial charge in [0, 0.05) is 28.9 Å². The minimum Gasteiger partial charge on any atom is -0.479 e. The molecule has 0 saturated heterocycles. The predicted molar refractivity (Wildman–Crippen MR) is 129 cm³/mol. The number of aryl methyl sites for hydroxylation is 1. The molecule has 4 aromatic rings. The molecule has 0 fully saturated rings. The van der Waals surface area contributed by atoms with Crippen LogP contribution in [-0.2, 0) is 22.4 Å². The number of carbonyl (C=O) groups excluding carboxylic acids is 1. The number of carboxylic acids is 1. The van der Waals surface area contributed by atoms with Crippen LogP contribution in [0.5, 0.6) is 0 Å². The van der Waals surface area contributed by atoms with Crippen molar-refractivity contribution in [3.05, 3.63) is 95.2 Å². The highest BCUT2D eigenvalue weighted by atomic mass is 16.5. The molecule has 0 bridgehead atoms. The van der Waals surface area contributed by atoms with Crippen molar-refractivity contribution in [1.29, 1.82) is 0 Å². The molecule has 170 valence electrons. The molecule has 2 aliphatic carbocycles. The molecule has 2 aliphatic rings. The van der Waals surface area contributed by atoms with Gasteiger partial charge in [0.2, 0.25) is 0 Å². The van der Waals surface area contributed by atoms with E-state index < -0.39 is 17.6 Å². The Kier molecular flexibility index (Phi) is 4.69. The normalized spacial score (nSPS) is 18.7. The van der Waals surface area contributed by atoms with Crippen molar-refractivity contribution in [2.75, 3.05) is 6.61 Å². The van der Waals surface area contributed by atoms with Gasteiger partial charge in [-0.3, -0.25) is 0 Å². The number of ether oxygens (including phenoxy) is 1. The van der Waals surface area contributed by atoms with Gasteiger partial charge >= 0.3 is 12.1 Å². The highest BCUT2D eigenvalue weighted by Gasteiger charge is 2.44. The molecule has 0 radical (unpaired) electrons. The average molecular weight is 453 g/mol. The summed E-state index contributed by atoms with van der Waals surface area (Å²) in [6.07, 6.45) is 0.352. The first-order chi connectivity index (χ1) is 16.6. The highest BCUT2D eigenvalue weighted by Crippen LogP contribution is 2.44. The predicted octanol–water partition coefficient (Wildman–Crippen LogP) is 5.02. The number of alkyl carbamates (subject to hydrolysis) is 1. The number of aromatic nitrogens is 1. The van der Waals surface area contributed by atoms with E-state index in [0.717, 1.165) is 44.4 Å². The van der Waals surface area contributed by atoms with Gasteiger partial charge in [-0.25, -0.2) is 9.59 Å². The lowest BCUT2D eigenvalue weighted by molar-refractivity contribution is -0.145. The molecule has 1 aromatic heterocycles. The van der Waals surface area contributed by atoms with Gasteiger partial charge in [-0.15, -0.1) is 0 Å². The summed E-state index contributed by atoms with van der Waals surface area (Å²) in [6, 6.07) is 24.1. The third-order valence-electron chi connectivity index (χ3n) is 7.28. The fourth-order valence-electron chi connectivity index (χ4n) is 5.57. The van der Waals surface area contributed by atoms with E-state index in [0.29, 0.717) is 12.8 Å². The van der Waals surface area contributed by atoms with Crippen LogP contribution in [0, 0.1) is 0 Å². The zero-order valence-electron chi connectivity index (χ0n) is 18.5. The van der Waals surface area contributed by atoms with Crippen molar-refractivity contribution in [3.63, 3.8) is 0 Å². The van der Waals surface area contributed by atoms with Crippen LogP contribution in [0.1, 0.15) is 34.7 Å². The number of aromatic amines is 1. The zero-order chi connectivity index (χ0) is 23.3. The minimum absolute atomic E-state index is 0.0782. The summed E-state index contributed by atoms with van der Waals surface area (Å²) in [6.45, 7) is 0.147. The first-order valence-corrected chi connectivity index (χ1v) is 11.5. The van der Waals surface area contributed by atoms with Gasteiger partial charge in [-0.1, -0.05) is 66.7 Å². The lowest BCUT2D eigenvalue weighted by Crippen LogP contribution is -2.58. The Hall–Kier alpha value is -4.06. The van der Waals surface area contributed by atoms with E-state index >= 15 is 0 Å². The Morgan fingerprint density at radius 3 is 2.32 bits per heavy atom. The van der Waals surface area contributed by atoms with E-state index in [9.17, 15) is 14.7 Å². The summed E-state index contributed by atoms with van der Waals surface area (Å²) < 4.78 is 5.65. The Morgan fingerprint density at radius 2 is 1.62 bits per heavy atom. The summed E-state index contributed by atoms with van der Waals surface area (Å²) in [5, 5.41) is 13.9. The van der Waals surface area contributed by atoms with Crippen LogP contribution in [0.3, 0.4) is 0 Å². The lowest BCUT2D eigenvalue weighted by atomic mass is 9.79. The third kappa shape index (κ3) is 3.17. The maximum absolute atomic E-state index is 12.9. The number of para-hydroxylation sites is 1. The molecule has 0 aliphatic heterocycles. The maximum atomic E-state index is 12.9. The van der Waals surface area contributed by atoms with Crippen molar-refractivity contribution in [1.82, 2.24) is 10.3 Å². The number of hydrogen-bond donors (Lipinski definition) is 3. The topological polar surface area (TPSA) is 91.4 Å². The molecule has 0 unspecified atom stereocenters. The van der Waals surface area contributed by atoms with Crippen LogP contribution >= 0.6 is 0 Å². The van der Waals surface area contributed by atoms with Gasteiger partial charge in [0.05, 0.1) is 0 Å². The molecule has 6 nitrogen and oxygen atoms in total. The molecule has 0 spiro atoms. The number of aliphatic carboxylic acids is 1. The third-order valence-corrected chi connectivity index (χ3v) is 7.28. The van der Waals surface area contributed by atoms with Crippen LogP contribution in [0.15, 0.2) is 72.8 Å². The number of hydrogen-bond acceptors (Lipinski definition) is 3. The van der Waals surface area contributed by atoms with Crippen molar-refractivity contribution in [2.24, 2.45) is 0 Å². The highest BCUT2D eigenvalue weighted by molar-refractivity contribution is 5.90. The number of nitrogens with one attached hydrogen (secondary N) is 2. The van der Waals surface area contributed by atoms with Crippen LogP contribution in [0.25, 0.3) is 22.0 Å². The fourth-order valence-corrected chi connectivity index (χ4v) is 5.57. The minimum atomic E-state index is -1.40. The maximum Gasteiger partial charge on any atom is 0.408 e. The average Bonchev–Trinajstić information content (AvgIpc) is 3.38. The second kappa shape index (κ2) is 7.76. The molecule has 3 N–H and O–H groups in total. The Labute approximate surface area is 196 Å². The molecule has 6 heteroatoms. The number of carbonyl (C=O) groups is 2. The summed E-state index contributed by atoms with van der Waals surface area (Å²) in [4.78, 5) is 28.7. The molecule has 6 rings (SSSR count). The number of amides is 1. The molecule has 1 atom stereocenters. The van der Waals surface area contributed by atoms with Crippen LogP contribution in [0.2, 0.25) is 0 Å². The van der Waals surface area contributed by atoms with Gasteiger partial charge in [-0.05, 0) is 46.7 Å². The van der Waals surface area contributed by atoms with Crippen molar-refractivity contribution < 1.29 is 19.4 Å². The Morgan fingerprint density at radius 1 is 0.971 bits per heavy atom. The quantitative estimate of drug-likeness (QED) is 0.406.